The second-order valence-corrected chi connectivity index (χ2v) is 9.01. The van der Waals surface area contributed by atoms with E-state index in [-0.39, 0.29) is 11.5 Å². The van der Waals surface area contributed by atoms with Crippen molar-refractivity contribution in [2.24, 2.45) is 0 Å². The van der Waals surface area contributed by atoms with Crippen LogP contribution in [0.25, 0.3) is 32.1 Å². The van der Waals surface area contributed by atoms with Gasteiger partial charge in [-0.1, -0.05) is 30.3 Å². The van der Waals surface area contributed by atoms with Crippen LogP contribution in [-0.4, -0.2) is 10.2 Å². The molecule has 5 rings (SSSR count). The highest BCUT2D eigenvalue weighted by atomic mass is 32.1. The number of fused-ring (bicyclic) bond motifs is 2. The number of hydrogen-bond acceptors (Lipinski definition) is 4. The van der Waals surface area contributed by atoms with E-state index in [1.165, 1.54) is 17.4 Å². The van der Waals surface area contributed by atoms with Crippen molar-refractivity contribution in [3.05, 3.63) is 82.7 Å². The van der Waals surface area contributed by atoms with Crippen molar-refractivity contribution < 1.29 is 44.3 Å². The SMILES string of the molecule is FC(F)(F)c1cc(C(F)(F)F)c(C(F)(F)F)cc1Oc1nnc(-c2cccs2)c2cc3ccccc3cc12. The second kappa shape index (κ2) is 8.86. The number of alkyl halides is 9. The third kappa shape index (κ3) is 4.73. The smallest absolute Gasteiger partial charge is 0.420 e. The molecule has 13 heteroatoms. The Morgan fingerprint density at radius 3 is 1.74 bits per heavy atom. The van der Waals surface area contributed by atoms with Crippen molar-refractivity contribution in [3.63, 3.8) is 0 Å². The predicted molar refractivity (Wildman–Crippen MR) is 122 cm³/mol. The van der Waals surface area contributed by atoms with Gasteiger partial charge in [-0.2, -0.15) is 39.5 Å². The maximum Gasteiger partial charge on any atom is 0.420 e. The minimum atomic E-state index is -5.71. The van der Waals surface area contributed by atoms with E-state index in [1.54, 1.807) is 47.8 Å². The Hall–Kier alpha value is -3.87. The largest absolute Gasteiger partial charge is 0.436 e. The third-order valence-corrected chi connectivity index (χ3v) is 6.49. The Bertz CT molecular complexity index is 1660. The first-order chi connectivity index (χ1) is 17.7. The monoisotopic (exact) mass is 558 g/mol. The first-order valence-electron chi connectivity index (χ1n) is 10.5. The summed E-state index contributed by atoms with van der Waals surface area (Å²) >= 11 is 1.30. The van der Waals surface area contributed by atoms with Crippen molar-refractivity contribution in [3.8, 4) is 22.2 Å². The molecule has 0 saturated carbocycles. The number of nitrogens with zero attached hydrogens (tertiary/aromatic N) is 2. The molecule has 0 atom stereocenters. The van der Waals surface area contributed by atoms with E-state index >= 15 is 0 Å². The number of hydrogen-bond donors (Lipinski definition) is 0. The molecule has 0 aliphatic carbocycles. The fraction of sp³-hybridized carbons (Fsp3) is 0.120. The second-order valence-electron chi connectivity index (χ2n) is 8.07. The van der Waals surface area contributed by atoms with Gasteiger partial charge in [-0.15, -0.1) is 21.5 Å². The zero-order valence-corrected chi connectivity index (χ0v) is 19.3. The molecule has 0 amide bonds. The average Bonchev–Trinajstić information content (AvgIpc) is 3.35. The Morgan fingerprint density at radius 1 is 0.605 bits per heavy atom. The van der Waals surface area contributed by atoms with Gasteiger partial charge in [0.05, 0.1) is 21.6 Å². The number of thiophene rings is 1. The standard InChI is InChI=1S/C25H11F9N2OS/c26-23(27,28)16-10-18(25(32,33)34)19(11-17(16)24(29,30)31)37-22-15-9-13-5-2-1-4-12(13)8-14(15)21(35-36-22)20-6-3-7-38-20/h1-11H. The molecule has 0 fully saturated rings. The van der Waals surface area contributed by atoms with E-state index < -0.39 is 52.9 Å². The molecule has 196 valence electrons. The van der Waals surface area contributed by atoms with Gasteiger partial charge in [0.2, 0.25) is 5.88 Å². The summed E-state index contributed by atoms with van der Waals surface area (Å²) < 4.78 is 127. The van der Waals surface area contributed by atoms with Crippen LogP contribution in [-0.2, 0) is 18.5 Å². The highest BCUT2D eigenvalue weighted by Gasteiger charge is 2.47. The first kappa shape index (κ1) is 25.8. The average molecular weight is 558 g/mol. The fourth-order valence-corrected chi connectivity index (χ4v) is 4.67. The minimum Gasteiger partial charge on any atom is -0.436 e. The first-order valence-corrected chi connectivity index (χ1v) is 11.4. The van der Waals surface area contributed by atoms with Crippen LogP contribution < -0.4 is 4.74 Å². The molecule has 2 heterocycles. The molecule has 0 saturated heterocycles. The summed E-state index contributed by atoms with van der Waals surface area (Å²) in [6.45, 7) is 0. The molecule has 3 aromatic carbocycles. The summed E-state index contributed by atoms with van der Waals surface area (Å²) in [5.41, 5.74) is -6.52. The lowest BCUT2D eigenvalue weighted by Gasteiger charge is -2.21. The lowest BCUT2D eigenvalue weighted by atomic mass is 10.0. The Labute approximate surface area is 211 Å². The number of rotatable bonds is 3. The van der Waals surface area contributed by atoms with Crippen molar-refractivity contribution in [1.29, 1.82) is 0 Å². The van der Waals surface area contributed by atoms with Crippen LogP contribution in [0.2, 0.25) is 0 Å². The predicted octanol–water partition coefficient (Wildman–Crippen LogP) is 9.36. The van der Waals surface area contributed by atoms with Crippen molar-refractivity contribution >= 4 is 32.9 Å². The third-order valence-electron chi connectivity index (χ3n) is 5.61. The maximum atomic E-state index is 13.8. The molecule has 38 heavy (non-hydrogen) atoms. The van der Waals surface area contributed by atoms with Gasteiger partial charge in [0, 0.05) is 10.8 Å². The molecule has 0 spiro atoms. The van der Waals surface area contributed by atoms with Crippen LogP contribution in [0.4, 0.5) is 39.5 Å². The van der Waals surface area contributed by atoms with Crippen LogP contribution in [0.1, 0.15) is 16.7 Å². The highest BCUT2D eigenvalue weighted by molar-refractivity contribution is 7.13. The molecule has 0 aliphatic rings. The summed E-state index contributed by atoms with van der Waals surface area (Å²) in [6.07, 6.45) is -16.8. The Morgan fingerprint density at radius 2 is 1.18 bits per heavy atom. The van der Waals surface area contributed by atoms with Gasteiger partial charge in [0.15, 0.2) is 0 Å². The topological polar surface area (TPSA) is 35.0 Å². The molecule has 0 N–H and O–H groups in total. The summed E-state index contributed by atoms with van der Waals surface area (Å²) in [6, 6.07) is 12.6. The summed E-state index contributed by atoms with van der Waals surface area (Å²) in [7, 11) is 0. The highest BCUT2D eigenvalue weighted by Crippen LogP contribution is 2.48. The van der Waals surface area contributed by atoms with Crippen molar-refractivity contribution in [2.45, 2.75) is 18.5 Å². The zero-order chi connectivity index (χ0) is 27.5. The normalized spacial score (nSPS) is 12.9. The van der Waals surface area contributed by atoms with Crippen LogP contribution in [0.5, 0.6) is 11.6 Å². The van der Waals surface area contributed by atoms with E-state index in [4.69, 9.17) is 4.74 Å². The number of benzene rings is 3. The van der Waals surface area contributed by atoms with Crippen molar-refractivity contribution in [2.75, 3.05) is 0 Å². The van der Waals surface area contributed by atoms with E-state index in [0.29, 0.717) is 21.3 Å². The number of halogens is 9. The van der Waals surface area contributed by atoms with E-state index in [0.717, 1.165) is 5.39 Å². The van der Waals surface area contributed by atoms with Gasteiger partial charge in [-0.25, -0.2) is 0 Å². The van der Waals surface area contributed by atoms with Crippen molar-refractivity contribution in [1.82, 2.24) is 10.2 Å². The summed E-state index contributed by atoms with van der Waals surface area (Å²) in [4.78, 5) is 0.647. The molecule has 0 aliphatic heterocycles. The Kier molecular flexibility index (Phi) is 6.01. The van der Waals surface area contributed by atoms with Crippen LogP contribution >= 0.6 is 11.3 Å². The summed E-state index contributed by atoms with van der Waals surface area (Å²) in [5, 5.41) is 11.4. The van der Waals surface area contributed by atoms with E-state index in [1.807, 2.05) is 0 Å². The summed E-state index contributed by atoms with van der Waals surface area (Å²) in [5.74, 6) is -2.10. The fourth-order valence-electron chi connectivity index (χ4n) is 3.95. The van der Waals surface area contributed by atoms with Gasteiger partial charge < -0.3 is 4.74 Å². The van der Waals surface area contributed by atoms with Crippen LogP contribution in [0.15, 0.2) is 66.0 Å². The molecule has 0 bridgehead atoms. The molecular weight excluding hydrogens is 547 g/mol. The van der Waals surface area contributed by atoms with Gasteiger partial charge in [-0.05, 0) is 46.5 Å². The zero-order valence-electron chi connectivity index (χ0n) is 18.5. The minimum absolute atomic E-state index is 0.101. The van der Waals surface area contributed by atoms with E-state index in [9.17, 15) is 39.5 Å². The van der Waals surface area contributed by atoms with Gasteiger partial charge >= 0.3 is 18.5 Å². The maximum absolute atomic E-state index is 13.8. The molecular formula is C25H11F9N2OS. The molecule has 0 radical (unpaired) electrons. The molecule has 2 aromatic heterocycles. The molecule has 0 unspecified atom stereocenters. The lowest BCUT2D eigenvalue weighted by molar-refractivity contribution is -0.163. The van der Waals surface area contributed by atoms with Crippen LogP contribution in [0, 0.1) is 0 Å². The Balaban J connectivity index is 1.77. The van der Waals surface area contributed by atoms with E-state index in [2.05, 4.69) is 10.2 Å². The number of ether oxygens (including phenoxy) is 1. The quantitative estimate of drug-likeness (QED) is 0.164. The molecule has 5 aromatic rings. The number of aromatic nitrogens is 2. The van der Waals surface area contributed by atoms with Crippen LogP contribution in [0.3, 0.4) is 0 Å². The van der Waals surface area contributed by atoms with Gasteiger partial charge in [0.25, 0.3) is 0 Å². The van der Waals surface area contributed by atoms with Gasteiger partial charge in [0.1, 0.15) is 11.4 Å². The molecule has 3 nitrogen and oxygen atoms in total. The van der Waals surface area contributed by atoms with Gasteiger partial charge in [-0.3, -0.25) is 0 Å². The lowest BCUT2D eigenvalue weighted by Crippen LogP contribution is -2.19.